The zero-order valence-corrected chi connectivity index (χ0v) is 12.6. The lowest BCUT2D eigenvalue weighted by Crippen LogP contribution is -2.37. The van der Waals surface area contributed by atoms with Crippen LogP contribution in [-0.4, -0.2) is 37.1 Å². The van der Waals surface area contributed by atoms with E-state index in [9.17, 15) is 0 Å². The normalized spacial score (nSPS) is 28.4. The minimum atomic E-state index is 0.799. The van der Waals surface area contributed by atoms with Crippen molar-refractivity contribution in [3.05, 3.63) is 0 Å². The van der Waals surface area contributed by atoms with Gasteiger partial charge < -0.3 is 10.2 Å². The van der Waals surface area contributed by atoms with Crippen LogP contribution in [0.2, 0.25) is 0 Å². The zero-order valence-electron chi connectivity index (χ0n) is 12.6. The predicted octanol–water partition coefficient (Wildman–Crippen LogP) is 3.56. The zero-order chi connectivity index (χ0) is 13.0. The molecule has 3 fully saturated rings. The first kappa shape index (κ1) is 13.9. The summed E-state index contributed by atoms with van der Waals surface area (Å²) >= 11 is 0. The molecule has 0 aromatic heterocycles. The van der Waals surface area contributed by atoms with E-state index in [-0.39, 0.29) is 0 Å². The van der Waals surface area contributed by atoms with Gasteiger partial charge in [-0.25, -0.2) is 0 Å². The fourth-order valence-electron chi connectivity index (χ4n) is 4.67. The Morgan fingerprint density at radius 1 is 0.895 bits per heavy atom. The van der Waals surface area contributed by atoms with Crippen LogP contribution in [0.25, 0.3) is 0 Å². The lowest BCUT2D eigenvalue weighted by Gasteiger charge is -2.37. The van der Waals surface area contributed by atoms with Crippen LogP contribution in [-0.2, 0) is 0 Å². The molecule has 110 valence electrons. The second-order valence-corrected chi connectivity index (χ2v) is 7.34. The van der Waals surface area contributed by atoms with Crippen LogP contribution in [0.5, 0.6) is 0 Å². The van der Waals surface area contributed by atoms with Crippen molar-refractivity contribution < 1.29 is 0 Å². The fourth-order valence-corrected chi connectivity index (χ4v) is 4.67. The molecule has 1 spiro atoms. The summed E-state index contributed by atoms with van der Waals surface area (Å²) in [6, 6.07) is 0.838. The van der Waals surface area contributed by atoms with Crippen molar-refractivity contribution in [3.8, 4) is 0 Å². The molecular formula is C17H32N2. The molecular weight excluding hydrogens is 232 g/mol. The Balaban J connectivity index is 1.27. The molecule has 3 rings (SSSR count). The highest BCUT2D eigenvalue weighted by molar-refractivity contribution is 4.91. The summed E-state index contributed by atoms with van der Waals surface area (Å²) in [5.41, 5.74) is 0.799. The summed E-state index contributed by atoms with van der Waals surface area (Å²) in [6.45, 7) is 5.27. The topological polar surface area (TPSA) is 15.3 Å². The maximum atomic E-state index is 3.83. The van der Waals surface area contributed by atoms with Gasteiger partial charge in [0.1, 0.15) is 0 Å². The molecule has 0 aromatic carbocycles. The van der Waals surface area contributed by atoms with Crippen LogP contribution in [0.4, 0.5) is 0 Å². The van der Waals surface area contributed by atoms with E-state index in [1.807, 2.05) is 0 Å². The molecule has 1 N–H and O–H groups in total. The maximum Gasteiger partial charge on any atom is 0.00674 e. The summed E-state index contributed by atoms with van der Waals surface area (Å²) in [7, 11) is 0. The Morgan fingerprint density at radius 3 is 2.26 bits per heavy atom. The molecule has 0 aromatic rings. The quantitative estimate of drug-likeness (QED) is 0.764. The molecule has 0 radical (unpaired) electrons. The van der Waals surface area contributed by atoms with Crippen molar-refractivity contribution >= 4 is 0 Å². The summed E-state index contributed by atoms with van der Waals surface area (Å²) in [4.78, 5) is 2.63. The van der Waals surface area contributed by atoms with E-state index in [0.717, 1.165) is 11.5 Å². The van der Waals surface area contributed by atoms with Crippen molar-refractivity contribution in [1.82, 2.24) is 10.2 Å². The molecule has 2 heteroatoms. The van der Waals surface area contributed by atoms with E-state index in [1.165, 1.54) is 96.8 Å². The van der Waals surface area contributed by atoms with E-state index in [0.29, 0.717) is 0 Å². The smallest absolute Gasteiger partial charge is 0.00674 e. The average Bonchev–Trinajstić information content (AvgIpc) is 3.09. The molecule has 19 heavy (non-hydrogen) atoms. The van der Waals surface area contributed by atoms with Crippen LogP contribution in [0, 0.1) is 5.41 Å². The fraction of sp³-hybridized carbons (Fsp3) is 1.00. The number of nitrogens with one attached hydrogen (secondary N) is 1. The van der Waals surface area contributed by atoms with Gasteiger partial charge in [0, 0.05) is 6.04 Å². The molecule has 1 saturated heterocycles. The van der Waals surface area contributed by atoms with Gasteiger partial charge >= 0.3 is 0 Å². The number of hydrogen-bond acceptors (Lipinski definition) is 2. The van der Waals surface area contributed by atoms with Crippen molar-refractivity contribution in [2.75, 3.05) is 26.2 Å². The number of hydrogen-bond donors (Lipinski definition) is 1. The second kappa shape index (κ2) is 6.58. The van der Waals surface area contributed by atoms with E-state index < -0.39 is 0 Å². The molecule has 1 aliphatic heterocycles. The SMILES string of the molecule is C1CCN(CCCNC2CCC3(CCCC3)CC2)C1. The van der Waals surface area contributed by atoms with Gasteiger partial charge in [-0.2, -0.15) is 0 Å². The summed E-state index contributed by atoms with van der Waals surface area (Å²) in [6.07, 6.45) is 16.2. The first-order chi connectivity index (χ1) is 9.36. The molecule has 2 saturated carbocycles. The number of rotatable bonds is 5. The third kappa shape index (κ3) is 3.72. The summed E-state index contributed by atoms with van der Waals surface area (Å²) < 4.78 is 0. The minimum absolute atomic E-state index is 0.799. The van der Waals surface area contributed by atoms with Gasteiger partial charge in [-0.05, 0) is 89.4 Å². The van der Waals surface area contributed by atoms with Crippen molar-refractivity contribution in [2.24, 2.45) is 5.41 Å². The summed E-state index contributed by atoms with van der Waals surface area (Å²) in [5.74, 6) is 0. The molecule has 1 heterocycles. The Labute approximate surface area is 119 Å². The molecule has 0 atom stereocenters. The van der Waals surface area contributed by atoms with E-state index >= 15 is 0 Å². The monoisotopic (exact) mass is 264 g/mol. The van der Waals surface area contributed by atoms with Gasteiger partial charge in [0.2, 0.25) is 0 Å². The molecule has 2 nitrogen and oxygen atoms in total. The molecule has 2 aliphatic carbocycles. The standard InChI is InChI=1S/C17H32N2/c1-2-9-17(8-1)10-6-16(7-11-17)18-12-5-15-19-13-3-4-14-19/h16,18H,1-15H2. The van der Waals surface area contributed by atoms with Crippen LogP contribution in [0.1, 0.15) is 70.6 Å². The lowest BCUT2D eigenvalue weighted by molar-refractivity contribution is 0.168. The highest BCUT2D eigenvalue weighted by Gasteiger charge is 2.37. The van der Waals surface area contributed by atoms with Crippen LogP contribution in [0.3, 0.4) is 0 Å². The van der Waals surface area contributed by atoms with Gasteiger partial charge in [0.05, 0.1) is 0 Å². The molecule has 3 aliphatic rings. The Kier molecular flexibility index (Phi) is 4.81. The highest BCUT2D eigenvalue weighted by Crippen LogP contribution is 2.48. The number of likely N-dealkylation sites (tertiary alicyclic amines) is 1. The number of nitrogens with zero attached hydrogens (tertiary/aromatic N) is 1. The van der Waals surface area contributed by atoms with Crippen LogP contribution < -0.4 is 5.32 Å². The maximum absolute atomic E-state index is 3.83. The average molecular weight is 264 g/mol. The van der Waals surface area contributed by atoms with Gasteiger partial charge in [0.15, 0.2) is 0 Å². The van der Waals surface area contributed by atoms with Crippen molar-refractivity contribution in [2.45, 2.75) is 76.7 Å². The first-order valence-electron chi connectivity index (χ1n) is 8.82. The van der Waals surface area contributed by atoms with E-state index in [2.05, 4.69) is 10.2 Å². The van der Waals surface area contributed by atoms with Crippen LogP contribution in [0.15, 0.2) is 0 Å². The Morgan fingerprint density at radius 2 is 1.58 bits per heavy atom. The third-order valence-electron chi connectivity index (χ3n) is 5.99. The van der Waals surface area contributed by atoms with Gasteiger partial charge in [-0.15, -0.1) is 0 Å². The first-order valence-corrected chi connectivity index (χ1v) is 8.82. The molecule has 0 bridgehead atoms. The lowest BCUT2D eigenvalue weighted by atomic mass is 9.71. The Bertz CT molecular complexity index is 254. The van der Waals surface area contributed by atoms with E-state index in [4.69, 9.17) is 0 Å². The van der Waals surface area contributed by atoms with Gasteiger partial charge in [-0.1, -0.05) is 12.8 Å². The predicted molar refractivity (Wildman–Crippen MR) is 81.5 cm³/mol. The largest absolute Gasteiger partial charge is 0.314 e. The highest BCUT2D eigenvalue weighted by atomic mass is 15.1. The van der Waals surface area contributed by atoms with Crippen molar-refractivity contribution in [3.63, 3.8) is 0 Å². The molecule has 0 amide bonds. The van der Waals surface area contributed by atoms with Crippen LogP contribution >= 0.6 is 0 Å². The second-order valence-electron chi connectivity index (χ2n) is 7.34. The van der Waals surface area contributed by atoms with Crippen molar-refractivity contribution in [1.29, 1.82) is 0 Å². The minimum Gasteiger partial charge on any atom is -0.314 e. The summed E-state index contributed by atoms with van der Waals surface area (Å²) in [5, 5.41) is 3.83. The molecule has 0 unspecified atom stereocenters. The Hall–Kier alpha value is -0.0800. The van der Waals surface area contributed by atoms with Gasteiger partial charge in [-0.3, -0.25) is 0 Å². The van der Waals surface area contributed by atoms with Gasteiger partial charge in [0.25, 0.3) is 0 Å². The van der Waals surface area contributed by atoms with E-state index in [1.54, 1.807) is 0 Å². The third-order valence-corrected chi connectivity index (χ3v) is 5.99.